The van der Waals surface area contributed by atoms with Crippen LogP contribution in [0.25, 0.3) is 11.0 Å². The second-order valence-electron chi connectivity index (χ2n) is 4.79. The van der Waals surface area contributed by atoms with Gasteiger partial charge in [0.15, 0.2) is 0 Å². The molecule has 2 aromatic rings. The quantitative estimate of drug-likeness (QED) is 0.877. The van der Waals surface area contributed by atoms with Gasteiger partial charge in [0.1, 0.15) is 11.4 Å². The second-order valence-corrected chi connectivity index (χ2v) is 4.79. The van der Waals surface area contributed by atoms with Crippen molar-refractivity contribution in [1.82, 2.24) is 4.98 Å². The minimum atomic E-state index is -0.732. The van der Waals surface area contributed by atoms with E-state index in [0.29, 0.717) is 13.1 Å². The van der Waals surface area contributed by atoms with E-state index in [4.69, 9.17) is 9.52 Å². The highest BCUT2D eigenvalue weighted by Crippen LogP contribution is 2.31. The number of hydrogen-bond acceptors (Lipinski definition) is 4. The van der Waals surface area contributed by atoms with E-state index in [2.05, 4.69) is 4.98 Å². The predicted octanol–water partition coefficient (Wildman–Crippen LogP) is 1.98. The van der Waals surface area contributed by atoms with Crippen molar-refractivity contribution in [3.8, 4) is 0 Å². The molecule has 1 aliphatic rings. The van der Waals surface area contributed by atoms with Gasteiger partial charge in [0.05, 0.1) is 17.6 Å². The fraction of sp³-hybridized carbons (Fsp3) is 0.385. The van der Waals surface area contributed by atoms with Gasteiger partial charge in [-0.2, -0.15) is 0 Å². The fourth-order valence-corrected chi connectivity index (χ4v) is 2.59. The number of hydrogen-bond donors (Lipinski definition) is 1. The molecule has 0 unspecified atom stereocenters. The number of carboxylic acid groups (broad SMARTS) is 1. The van der Waals surface area contributed by atoms with Crippen molar-refractivity contribution in [2.75, 3.05) is 18.0 Å². The van der Waals surface area contributed by atoms with Crippen LogP contribution >= 0.6 is 0 Å². The van der Waals surface area contributed by atoms with Crippen molar-refractivity contribution >= 4 is 22.8 Å². The minimum Gasteiger partial charge on any atom is -0.481 e. The van der Waals surface area contributed by atoms with Crippen LogP contribution in [0.15, 0.2) is 29.0 Å². The number of aromatic nitrogens is 1. The average Bonchev–Trinajstić information content (AvgIpc) is 2.94. The number of pyridine rings is 1. The lowest BCUT2D eigenvalue weighted by Crippen LogP contribution is -2.23. The Kier molecular flexibility index (Phi) is 2.47. The summed E-state index contributed by atoms with van der Waals surface area (Å²) >= 11 is 0. The molecule has 94 valence electrons. The van der Waals surface area contributed by atoms with E-state index in [-0.39, 0.29) is 11.8 Å². The average molecular weight is 246 g/mol. The van der Waals surface area contributed by atoms with Gasteiger partial charge in [-0.3, -0.25) is 4.79 Å². The van der Waals surface area contributed by atoms with Crippen LogP contribution in [0.3, 0.4) is 0 Å². The van der Waals surface area contributed by atoms with E-state index >= 15 is 0 Å². The van der Waals surface area contributed by atoms with Gasteiger partial charge in [-0.05, 0) is 18.1 Å². The highest BCUT2D eigenvalue weighted by Gasteiger charge is 2.35. The molecule has 3 rings (SSSR count). The molecule has 5 nitrogen and oxygen atoms in total. The van der Waals surface area contributed by atoms with Crippen molar-refractivity contribution in [3.05, 3.63) is 24.6 Å². The molecule has 2 atom stereocenters. The molecule has 3 heterocycles. The number of aliphatic carboxylic acids is 1. The van der Waals surface area contributed by atoms with Crippen molar-refractivity contribution in [3.63, 3.8) is 0 Å². The van der Waals surface area contributed by atoms with Gasteiger partial charge in [0.2, 0.25) is 0 Å². The maximum atomic E-state index is 11.1. The maximum Gasteiger partial charge on any atom is 0.308 e. The second kappa shape index (κ2) is 4.01. The van der Waals surface area contributed by atoms with Crippen LogP contribution in [-0.4, -0.2) is 29.1 Å². The summed E-state index contributed by atoms with van der Waals surface area (Å²) in [5, 5.41) is 10.1. The van der Waals surface area contributed by atoms with Crippen LogP contribution < -0.4 is 4.90 Å². The van der Waals surface area contributed by atoms with Crippen molar-refractivity contribution in [1.29, 1.82) is 0 Å². The third kappa shape index (κ3) is 1.63. The number of carboxylic acids is 1. The number of fused-ring (bicyclic) bond motifs is 1. The molecule has 0 saturated carbocycles. The largest absolute Gasteiger partial charge is 0.481 e. The molecule has 1 saturated heterocycles. The first-order valence-corrected chi connectivity index (χ1v) is 5.97. The first-order chi connectivity index (χ1) is 8.66. The van der Waals surface area contributed by atoms with Gasteiger partial charge >= 0.3 is 5.97 Å². The summed E-state index contributed by atoms with van der Waals surface area (Å²) in [5.41, 5.74) is 0.784. The van der Waals surface area contributed by atoms with Crippen LogP contribution in [0.4, 0.5) is 5.82 Å². The molecule has 1 N–H and O–H groups in total. The van der Waals surface area contributed by atoms with E-state index in [1.165, 1.54) is 0 Å². The number of anilines is 1. The molecule has 0 amide bonds. The third-order valence-corrected chi connectivity index (χ3v) is 3.59. The Labute approximate surface area is 104 Å². The zero-order chi connectivity index (χ0) is 12.7. The Hall–Kier alpha value is -2.04. The standard InChI is InChI=1S/C13H14N2O3/c1-8-6-15(7-10(8)13(16)17)12-9-3-5-18-11(9)2-4-14-12/h2-5,8,10H,6-7H2,1H3,(H,16,17)/t8-,10-/m1/s1. The molecule has 1 fully saturated rings. The summed E-state index contributed by atoms with van der Waals surface area (Å²) < 4.78 is 5.34. The molecule has 0 spiro atoms. The number of furan rings is 1. The summed E-state index contributed by atoms with van der Waals surface area (Å²) in [6.07, 6.45) is 3.32. The van der Waals surface area contributed by atoms with Gasteiger partial charge in [-0.15, -0.1) is 0 Å². The Morgan fingerprint density at radius 3 is 3.06 bits per heavy atom. The zero-order valence-electron chi connectivity index (χ0n) is 10.0. The molecular formula is C13H14N2O3. The first-order valence-electron chi connectivity index (χ1n) is 5.97. The van der Waals surface area contributed by atoms with Gasteiger partial charge in [-0.25, -0.2) is 4.98 Å². The predicted molar refractivity (Wildman–Crippen MR) is 66.5 cm³/mol. The number of nitrogens with zero attached hydrogens (tertiary/aromatic N) is 2. The van der Waals surface area contributed by atoms with E-state index in [1.54, 1.807) is 12.5 Å². The van der Waals surface area contributed by atoms with Crippen molar-refractivity contribution in [2.45, 2.75) is 6.92 Å². The van der Waals surface area contributed by atoms with Crippen LogP contribution in [0.2, 0.25) is 0 Å². The lowest BCUT2D eigenvalue weighted by molar-refractivity contribution is -0.142. The van der Waals surface area contributed by atoms with Crippen LogP contribution in [-0.2, 0) is 4.79 Å². The Morgan fingerprint density at radius 1 is 1.50 bits per heavy atom. The Morgan fingerprint density at radius 2 is 2.33 bits per heavy atom. The molecular weight excluding hydrogens is 232 g/mol. The van der Waals surface area contributed by atoms with Gasteiger partial charge in [0.25, 0.3) is 0 Å². The highest BCUT2D eigenvalue weighted by atomic mass is 16.4. The highest BCUT2D eigenvalue weighted by molar-refractivity contribution is 5.89. The van der Waals surface area contributed by atoms with E-state index in [0.717, 1.165) is 16.8 Å². The monoisotopic (exact) mass is 246 g/mol. The molecule has 2 aromatic heterocycles. The summed E-state index contributed by atoms with van der Waals surface area (Å²) in [6.45, 7) is 3.19. The Balaban J connectivity index is 1.97. The lowest BCUT2D eigenvalue weighted by Gasteiger charge is -2.17. The molecule has 5 heteroatoms. The SMILES string of the molecule is C[C@@H]1CN(c2nccc3occc23)C[C@H]1C(=O)O. The Bertz CT molecular complexity index is 593. The summed E-state index contributed by atoms with van der Waals surface area (Å²) in [7, 11) is 0. The van der Waals surface area contributed by atoms with Crippen molar-refractivity contribution in [2.24, 2.45) is 11.8 Å². The summed E-state index contributed by atoms with van der Waals surface area (Å²) in [6, 6.07) is 3.68. The molecule has 0 aromatic carbocycles. The van der Waals surface area contributed by atoms with Crippen LogP contribution in [0, 0.1) is 11.8 Å². The molecule has 1 aliphatic heterocycles. The van der Waals surface area contributed by atoms with Gasteiger partial charge in [-0.1, -0.05) is 6.92 Å². The normalized spacial score (nSPS) is 23.7. The molecule has 18 heavy (non-hydrogen) atoms. The molecule has 0 bridgehead atoms. The zero-order valence-corrected chi connectivity index (χ0v) is 10.0. The molecule has 0 radical (unpaired) electrons. The lowest BCUT2D eigenvalue weighted by atomic mass is 9.99. The van der Waals surface area contributed by atoms with Gasteiger partial charge < -0.3 is 14.4 Å². The summed E-state index contributed by atoms with van der Waals surface area (Å²) in [5.74, 6) is -0.110. The minimum absolute atomic E-state index is 0.131. The first kappa shape index (κ1) is 11.1. The van der Waals surface area contributed by atoms with Crippen molar-refractivity contribution < 1.29 is 14.3 Å². The van der Waals surface area contributed by atoms with Crippen LogP contribution in [0.1, 0.15) is 6.92 Å². The van der Waals surface area contributed by atoms with Gasteiger partial charge in [0, 0.05) is 19.3 Å². The number of carbonyl (C=O) groups is 1. The molecule has 0 aliphatic carbocycles. The summed E-state index contributed by atoms with van der Waals surface area (Å²) in [4.78, 5) is 17.5. The third-order valence-electron chi connectivity index (χ3n) is 3.59. The number of rotatable bonds is 2. The van der Waals surface area contributed by atoms with E-state index in [9.17, 15) is 4.79 Å². The van der Waals surface area contributed by atoms with E-state index < -0.39 is 5.97 Å². The van der Waals surface area contributed by atoms with E-state index in [1.807, 2.05) is 24.0 Å². The topological polar surface area (TPSA) is 66.6 Å². The fourth-order valence-electron chi connectivity index (χ4n) is 2.59. The smallest absolute Gasteiger partial charge is 0.308 e. The van der Waals surface area contributed by atoms with Crippen LogP contribution in [0.5, 0.6) is 0 Å². The maximum absolute atomic E-state index is 11.1.